The summed E-state index contributed by atoms with van der Waals surface area (Å²) in [7, 11) is 1.36. The van der Waals surface area contributed by atoms with Gasteiger partial charge in [-0.15, -0.1) is 11.3 Å². The molecular weight excluding hydrogens is 406 g/mol. The Bertz CT molecular complexity index is 751. The van der Waals surface area contributed by atoms with Crippen LogP contribution in [0.4, 0.5) is 0 Å². The van der Waals surface area contributed by atoms with Crippen molar-refractivity contribution in [2.45, 2.75) is 12.1 Å². The van der Waals surface area contributed by atoms with Gasteiger partial charge >= 0.3 is 5.97 Å². The number of benzene rings is 1. The predicted octanol–water partition coefficient (Wildman–Crippen LogP) is 3.18. The van der Waals surface area contributed by atoms with Crippen molar-refractivity contribution in [2.75, 3.05) is 20.2 Å². The number of methoxy groups -OCH3 is 1. The highest BCUT2D eigenvalue weighted by Gasteiger charge is 2.55. The monoisotopic (exact) mass is 423 g/mol. The number of halogens is 1. The lowest BCUT2D eigenvalue weighted by Crippen LogP contribution is -2.41. The lowest BCUT2D eigenvalue weighted by atomic mass is 9.89. The molecule has 2 aromatic rings. The lowest BCUT2D eigenvalue weighted by Gasteiger charge is -2.30. The molecule has 0 spiro atoms. The van der Waals surface area contributed by atoms with Gasteiger partial charge in [-0.25, -0.2) is 0 Å². The smallest absolute Gasteiger partial charge is 0.314 e. The molecule has 2 atom stereocenters. The van der Waals surface area contributed by atoms with Crippen LogP contribution in [0.15, 0.2) is 46.3 Å². The van der Waals surface area contributed by atoms with Gasteiger partial charge in [0.25, 0.3) is 6.47 Å². The maximum atomic E-state index is 12.4. The largest absolute Gasteiger partial charge is 0.469 e. The molecule has 25 heavy (non-hydrogen) atoms. The fourth-order valence-corrected chi connectivity index (χ4v) is 4.95. The van der Waals surface area contributed by atoms with E-state index < -0.39 is 11.5 Å². The van der Waals surface area contributed by atoms with Crippen molar-refractivity contribution in [1.82, 2.24) is 4.90 Å². The molecule has 1 aliphatic rings. The van der Waals surface area contributed by atoms with Crippen molar-refractivity contribution in [3.63, 3.8) is 0 Å². The molecule has 0 N–H and O–H groups in total. The standard InChI is InChI=1S/C18H18BrNO4S/c1-23-17(22)15-9-20(8-13-5-3-2-4-6-13)11-18(15,24-12-21)16-7-14(19)10-25-16/h2-7,10,12,15H,8-9,11H2,1H3. The van der Waals surface area contributed by atoms with Crippen LogP contribution in [0.25, 0.3) is 0 Å². The second kappa shape index (κ2) is 7.68. The Morgan fingerprint density at radius 2 is 2.20 bits per heavy atom. The molecule has 0 saturated carbocycles. The van der Waals surface area contributed by atoms with Gasteiger partial charge in [0.2, 0.25) is 0 Å². The predicted molar refractivity (Wildman–Crippen MR) is 98.1 cm³/mol. The molecule has 1 aromatic carbocycles. The van der Waals surface area contributed by atoms with Gasteiger partial charge in [0, 0.05) is 29.5 Å². The highest BCUT2D eigenvalue weighted by atomic mass is 79.9. The Balaban J connectivity index is 1.95. The first-order chi connectivity index (χ1) is 12.1. The van der Waals surface area contributed by atoms with Crippen molar-refractivity contribution < 1.29 is 19.1 Å². The Morgan fingerprint density at radius 1 is 1.44 bits per heavy atom. The summed E-state index contributed by atoms with van der Waals surface area (Å²) in [6.07, 6.45) is 0. The first kappa shape index (κ1) is 18.1. The Morgan fingerprint density at radius 3 is 2.80 bits per heavy atom. The molecule has 2 heterocycles. The van der Waals surface area contributed by atoms with Gasteiger partial charge in [-0.3, -0.25) is 14.5 Å². The van der Waals surface area contributed by atoms with Crippen LogP contribution in [0.5, 0.6) is 0 Å². The summed E-state index contributed by atoms with van der Waals surface area (Å²) in [6.45, 7) is 2.00. The molecule has 0 radical (unpaired) electrons. The number of ether oxygens (including phenoxy) is 2. The molecule has 132 valence electrons. The third-order valence-electron chi connectivity index (χ3n) is 4.44. The van der Waals surface area contributed by atoms with Crippen molar-refractivity contribution >= 4 is 39.7 Å². The maximum Gasteiger partial charge on any atom is 0.314 e. The van der Waals surface area contributed by atoms with E-state index in [4.69, 9.17) is 9.47 Å². The summed E-state index contributed by atoms with van der Waals surface area (Å²) >= 11 is 4.89. The number of esters is 1. The number of carbonyl (C=O) groups excluding carboxylic acids is 2. The van der Waals surface area contributed by atoms with Crippen molar-refractivity contribution in [3.05, 3.63) is 56.7 Å². The van der Waals surface area contributed by atoms with Crippen LogP contribution in [0.2, 0.25) is 0 Å². The van der Waals surface area contributed by atoms with E-state index in [2.05, 4.69) is 20.8 Å². The summed E-state index contributed by atoms with van der Waals surface area (Å²) < 4.78 is 11.4. The Kier molecular flexibility index (Phi) is 5.56. The molecule has 1 fully saturated rings. The Hall–Kier alpha value is -1.70. The van der Waals surface area contributed by atoms with Gasteiger partial charge in [0.1, 0.15) is 5.92 Å². The van der Waals surface area contributed by atoms with Crippen LogP contribution < -0.4 is 0 Å². The van der Waals surface area contributed by atoms with Crippen molar-refractivity contribution in [1.29, 1.82) is 0 Å². The topological polar surface area (TPSA) is 55.8 Å². The van der Waals surface area contributed by atoms with Crippen LogP contribution in [0, 0.1) is 5.92 Å². The van der Waals surface area contributed by atoms with E-state index in [1.165, 1.54) is 18.4 Å². The number of thiophene rings is 1. The number of likely N-dealkylation sites (tertiary alicyclic amines) is 1. The zero-order chi connectivity index (χ0) is 17.9. The molecule has 1 saturated heterocycles. The molecule has 0 amide bonds. The minimum Gasteiger partial charge on any atom is -0.469 e. The summed E-state index contributed by atoms with van der Waals surface area (Å²) in [5.41, 5.74) is 0.112. The average molecular weight is 424 g/mol. The molecule has 5 nitrogen and oxygen atoms in total. The summed E-state index contributed by atoms with van der Waals surface area (Å²) in [5.74, 6) is -0.945. The fraction of sp³-hybridized carbons (Fsp3) is 0.333. The van der Waals surface area contributed by atoms with E-state index in [1.807, 2.05) is 41.8 Å². The zero-order valence-corrected chi connectivity index (χ0v) is 16.1. The summed E-state index contributed by atoms with van der Waals surface area (Å²) in [4.78, 5) is 26.6. The van der Waals surface area contributed by atoms with Gasteiger partial charge in [0.15, 0.2) is 5.60 Å². The zero-order valence-electron chi connectivity index (χ0n) is 13.7. The number of nitrogens with zero attached hydrogens (tertiary/aromatic N) is 1. The minimum absolute atomic E-state index is 0.373. The molecule has 2 unspecified atom stereocenters. The number of carbonyl (C=O) groups is 2. The minimum atomic E-state index is -1.03. The number of rotatable bonds is 6. The molecule has 1 aliphatic heterocycles. The van der Waals surface area contributed by atoms with Gasteiger partial charge in [-0.05, 0) is 27.6 Å². The molecule has 0 bridgehead atoms. The number of hydrogen-bond donors (Lipinski definition) is 0. The van der Waals surface area contributed by atoms with Crippen LogP contribution in [0.1, 0.15) is 10.4 Å². The lowest BCUT2D eigenvalue weighted by molar-refractivity contribution is -0.161. The van der Waals surface area contributed by atoms with Crippen molar-refractivity contribution in [3.8, 4) is 0 Å². The maximum absolute atomic E-state index is 12.4. The molecule has 3 rings (SSSR count). The van der Waals surface area contributed by atoms with Gasteiger partial charge in [0.05, 0.1) is 12.0 Å². The highest BCUT2D eigenvalue weighted by molar-refractivity contribution is 9.10. The van der Waals surface area contributed by atoms with Crippen LogP contribution in [0.3, 0.4) is 0 Å². The van der Waals surface area contributed by atoms with Crippen LogP contribution in [-0.4, -0.2) is 37.5 Å². The third kappa shape index (κ3) is 3.63. The molecule has 7 heteroatoms. The van der Waals surface area contributed by atoms with E-state index in [-0.39, 0.29) is 5.97 Å². The van der Waals surface area contributed by atoms with E-state index in [0.717, 1.165) is 14.9 Å². The second-order valence-corrected chi connectivity index (χ2v) is 7.79. The van der Waals surface area contributed by atoms with Crippen molar-refractivity contribution in [2.24, 2.45) is 5.92 Å². The third-order valence-corrected chi connectivity index (χ3v) is 6.29. The Labute approximate surface area is 158 Å². The summed E-state index contributed by atoms with van der Waals surface area (Å²) in [6, 6.07) is 11.9. The van der Waals surface area contributed by atoms with Gasteiger partial charge in [-0.2, -0.15) is 0 Å². The van der Waals surface area contributed by atoms with Crippen LogP contribution >= 0.6 is 27.3 Å². The van der Waals surface area contributed by atoms with Crippen LogP contribution in [-0.2, 0) is 31.2 Å². The summed E-state index contributed by atoms with van der Waals surface area (Å²) in [5, 5.41) is 1.92. The quantitative estimate of drug-likeness (QED) is 0.527. The first-order valence-electron chi connectivity index (χ1n) is 7.79. The van der Waals surface area contributed by atoms with E-state index in [0.29, 0.717) is 26.1 Å². The normalized spacial score (nSPS) is 23.4. The molecule has 1 aromatic heterocycles. The fourth-order valence-electron chi connectivity index (χ4n) is 3.33. The van der Waals surface area contributed by atoms with Gasteiger partial charge in [-0.1, -0.05) is 30.3 Å². The van der Waals surface area contributed by atoms with E-state index in [9.17, 15) is 9.59 Å². The average Bonchev–Trinajstić information content (AvgIpc) is 3.20. The van der Waals surface area contributed by atoms with E-state index >= 15 is 0 Å². The first-order valence-corrected chi connectivity index (χ1v) is 9.46. The number of hydrogen-bond acceptors (Lipinski definition) is 6. The van der Waals surface area contributed by atoms with E-state index in [1.54, 1.807) is 0 Å². The molecular formula is C18H18BrNO4S. The highest BCUT2D eigenvalue weighted by Crippen LogP contribution is 2.44. The second-order valence-electron chi connectivity index (χ2n) is 5.96. The van der Waals surface area contributed by atoms with Gasteiger partial charge < -0.3 is 9.47 Å². The molecule has 0 aliphatic carbocycles. The SMILES string of the molecule is COC(=O)C1CN(Cc2ccccc2)CC1(OC=O)c1cc(Br)cs1.